The van der Waals surface area contributed by atoms with E-state index in [0.29, 0.717) is 24.5 Å². The summed E-state index contributed by atoms with van der Waals surface area (Å²) in [5.74, 6) is 0.00621. The van der Waals surface area contributed by atoms with Crippen LogP contribution in [0.1, 0.15) is 13.8 Å². The number of carbonyl (C=O) groups is 3. The lowest BCUT2D eigenvalue weighted by Crippen LogP contribution is -3.14. The van der Waals surface area contributed by atoms with Gasteiger partial charge in [0.25, 0.3) is 11.8 Å². The highest BCUT2D eigenvalue weighted by atomic mass is 16.5. The standard InChI is InChI=1S/C16H24N4O4/c1-4-17-16(23)19-15(22)11-20(5-2)10-14(21)18-12-7-6-8-13(9-12)24-3/h6-9H,4-5,10-11H2,1-3H3,(H,18,21)(H2,17,19,22,23)/p+1. The Morgan fingerprint density at radius 1 is 1.12 bits per heavy atom. The molecule has 132 valence electrons. The molecule has 0 radical (unpaired) electrons. The summed E-state index contributed by atoms with van der Waals surface area (Å²) in [6.45, 7) is 4.81. The largest absolute Gasteiger partial charge is 0.497 e. The number of nitrogens with one attached hydrogen (secondary N) is 4. The number of rotatable bonds is 8. The van der Waals surface area contributed by atoms with E-state index in [-0.39, 0.29) is 19.0 Å². The molecule has 4 amide bonds. The number of benzene rings is 1. The van der Waals surface area contributed by atoms with Crippen molar-refractivity contribution in [2.24, 2.45) is 0 Å². The van der Waals surface area contributed by atoms with Gasteiger partial charge in [0, 0.05) is 18.3 Å². The minimum atomic E-state index is -0.529. The average Bonchev–Trinajstić information content (AvgIpc) is 2.54. The van der Waals surface area contributed by atoms with E-state index in [1.165, 1.54) is 0 Å². The molecule has 8 heteroatoms. The summed E-state index contributed by atoms with van der Waals surface area (Å²) in [5, 5.41) is 7.47. The molecule has 0 heterocycles. The first-order valence-electron chi connectivity index (χ1n) is 7.83. The molecule has 0 saturated carbocycles. The van der Waals surface area contributed by atoms with Crippen molar-refractivity contribution >= 4 is 23.5 Å². The molecule has 1 aromatic carbocycles. The van der Waals surface area contributed by atoms with Crippen molar-refractivity contribution in [2.75, 3.05) is 38.6 Å². The third kappa shape index (κ3) is 7.10. The lowest BCUT2D eigenvalue weighted by molar-refractivity contribution is -0.881. The Morgan fingerprint density at radius 2 is 1.83 bits per heavy atom. The maximum atomic E-state index is 12.1. The number of amides is 4. The van der Waals surface area contributed by atoms with Gasteiger partial charge >= 0.3 is 6.03 Å². The van der Waals surface area contributed by atoms with Gasteiger partial charge in [-0.25, -0.2) is 4.79 Å². The van der Waals surface area contributed by atoms with Crippen LogP contribution in [0.5, 0.6) is 5.75 Å². The molecule has 0 aromatic heterocycles. The highest BCUT2D eigenvalue weighted by molar-refractivity contribution is 5.95. The van der Waals surface area contributed by atoms with E-state index in [1.807, 2.05) is 6.92 Å². The molecule has 0 fully saturated rings. The van der Waals surface area contributed by atoms with Gasteiger partial charge in [0.15, 0.2) is 13.1 Å². The number of hydrogen-bond acceptors (Lipinski definition) is 4. The van der Waals surface area contributed by atoms with Gasteiger partial charge < -0.3 is 20.3 Å². The molecule has 0 aliphatic heterocycles. The van der Waals surface area contributed by atoms with Gasteiger partial charge in [-0.05, 0) is 26.0 Å². The molecule has 0 bridgehead atoms. The Kier molecular flexibility index (Phi) is 8.28. The van der Waals surface area contributed by atoms with Gasteiger partial charge in [-0.2, -0.15) is 0 Å². The molecule has 4 N–H and O–H groups in total. The first-order chi connectivity index (χ1) is 11.5. The van der Waals surface area contributed by atoms with Crippen molar-refractivity contribution in [3.8, 4) is 5.75 Å². The number of imide groups is 1. The highest BCUT2D eigenvalue weighted by Crippen LogP contribution is 2.16. The van der Waals surface area contributed by atoms with Crippen LogP contribution in [-0.2, 0) is 9.59 Å². The number of carbonyl (C=O) groups excluding carboxylic acids is 3. The zero-order chi connectivity index (χ0) is 17.9. The van der Waals surface area contributed by atoms with Crippen molar-refractivity contribution in [3.63, 3.8) is 0 Å². The zero-order valence-corrected chi connectivity index (χ0v) is 14.3. The van der Waals surface area contributed by atoms with E-state index in [0.717, 1.165) is 4.90 Å². The summed E-state index contributed by atoms with van der Waals surface area (Å²) in [6, 6.07) is 6.50. The van der Waals surface area contributed by atoms with Crippen molar-refractivity contribution < 1.29 is 24.0 Å². The Balaban J connectivity index is 2.50. The second-order valence-corrected chi connectivity index (χ2v) is 5.14. The van der Waals surface area contributed by atoms with Crippen molar-refractivity contribution in [2.45, 2.75) is 13.8 Å². The van der Waals surface area contributed by atoms with Gasteiger partial charge in [0.2, 0.25) is 0 Å². The minimum absolute atomic E-state index is 0.0408. The Morgan fingerprint density at radius 3 is 2.46 bits per heavy atom. The van der Waals surface area contributed by atoms with Crippen LogP contribution in [0.2, 0.25) is 0 Å². The number of likely N-dealkylation sites (N-methyl/N-ethyl adjacent to an activating group) is 1. The summed E-state index contributed by atoms with van der Waals surface area (Å²) >= 11 is 0. The van der Waals surface area contributed by atoms with E-state index < -0.39 is 11.9 Å². The molecule has 24 heavy (non-hydrogen) atoms. The van der Waals surface area contributed by atoms with Gasteiger partial charge in [-0.1, -0.05) is 6.07 Å². The van der Waals surface area contributed by atoms with Crippen LogP contribution in [0.3, 0.4) is 0 Å². The number of urea groups is 1. The molecular weight excluding hydrogens is 312 g/mol. The summed E-state index contributed by atoms with van der Waals surface area (Å²) in [5.41, 5.74) is 0.626. The summed E-state index contributed by atoms with van der Waals surface area (Å²) in [7, 11) is 1.55. The number of methoxy groups -OCH3 is 1. The van der Waals surface area contributed by atoms with E-state index in [4.69, 9.17) is 4.74 Å². The molecule has 1 rings (SSSR count). The predicted molar refractivity (Wildman–Crippen MR) is 90.1 cm³/mol. The quantitative estimate of drug-likeness (QED) is 0.508. The maximum Gasteiger partial charge on any atom is 0.321 e. The normalized spacial score (nSPS) is 11.3. The predicted octanol–water partition coefficient (Wildman–Crippen LogP) is -0.616. The van der Waals surface area contributed by atoms with Gasteiger partial charge in [0.1, 0.15) is 5.75 Å². The SMILES string of the molecule is CCNC(=O)NC(=O)C[NH+](CC)CC(=O)Nc1cccc(OC)c1. The van der Waals surface area contributed by atoms with E-state index in [9.17, 15) is 14.4 Å². The number of hydrogen-bond donors (Lipinski definition) is 4. The van der Waals surface area contributed by atoms with Crippen LogP contribution >= 0.6 is 0 Å². The molecule has 0 spiro atoms. The van der Waals surface area contributed by atoms with Crippen molar-refractivity contribution in [3.05, 3.63) is 24.3 Å². The van der Waals surface area contributed by atoms with Gasteiger partial charge in [-0.3, -0.25) is 14.9 Å². The van der Waals surface area contributed by atoms with E-state index in [1.54, 1.807) is 38.3 Å². The Labute approximate surface area is 141 Å². The van der Waals surface area contributed by atoms with Gasteiger partial charge in [0.05, 0.1) is 13.7 Å². The van der Waals surface area contributed by atoms with Crippen molar-refractivity contribution in [1.82, 2.24) is 10.6 Å². The summed E-state index contributed by atoms with van der Waals surface area (Å²) in [4.78, 5) is 35.9. The van der Waals surface area contributed by atoms with E-state index in [2.05, 4.69) is 16.0 Å². The van der Waals surface area contributed by atoms with Crippen LogP contribution in [0.25, 0.3) is 0 Å². The van der Waals surface area contributed by atoms with Crippen molar-refractivity contribution in [1.29, 1.82) is 0 Å². The second-order valence-electron chi connectivity index (χ2n) is 5.14. The third-order valence-electron chi connectivity index (χ3n) is 3.26. The molecule has 0 aliphatic rings. The fraction of sp³-hybridized carbons (Fsp3) is 0.438. The number of anilines is 1. The zero-order valence-electron chi connectivity index (χ0n) is 14.3. The first-order valence-corrected chi connectivity index (χ1v) is 7.83. The second kappa shape index (κ2) is 10.2. The third-order valence-corrected chi connectivity index (χ3v) is 3.26. The lowest BCUT2D eigenvalue weighted by Gasteiger charge is -2.16. The lowest BCUT2D eigenvalue weighted by atomic mass is 10.3. The summed E-state index contributed by atoms with van der Waals surface area (Å²) < 4.78 is 5.10. The molecule has 0 aliphatic carbocycles. The fourth-order valence-electron chi connectivity index (χ4n) is 2.05. The molecule has 1 atom stereocenters. The van der Waals surface area contributed by atoms with Crippen LogP contribution in [0.15, 0.2) is 24.3 Å². The topological polar surface area (TPSA) is 101 Å². The fourth-order valence-corrected chi connectivity index (χ4v) is 2.05. The smallest absolute Gasteiger partial charge is 0.321 e. The van der Waals surface area contributed by atoms with Crippen LogP contribution in [0, 0.1) is 0 Å². The van der Waals surface area contributed by atoms with Crippen LogP contribution in [0.4, 0.5) is 10.5 Å². The number of ether oxygens (including phenoxy) is 1. The minimum Gasteiger partial charge on any atom is -0.497 e. The monoisotopic (exact) mass is 337 g/mol. The molecule has 0 saturated heterocycles. The van der Waals surface area contributed by atoms with Crippen LogP contribution in [-0.4, -0.2) is 51.1 Å². The Bertz CT molecular complexity index is 577. The number of quaternary nitrogens is 1. The summed E-state index contributed by atoms with van der Waals surface area (Å²) in [6.07, 6.45) is 0. The van der Waals surface area contributed by atoms with E-state index >= 15 is 0 Å². The molecule has 1 aromatic rings. The average molecular weight is 337 g/mol. The molecule has 1 unspecified atom stereocenters. The van der Waals surface area contributed by atoms with Gasteiger partial charge in [-0.15, -0.1) is 0 Å². The molecule has 8 nitrogen and oxygen atoms in total. The maximum absolute atomic E-state index is 12.1. The molecular formula is C16H25N4O4+. The Hall–Kier alpha value is -2.61. The first kappa shape index (κ1) is 19.4. The van der Waals surface area contributed by atoms with Crippen LogP contribution < -0.4 is 25.6 Å². The highest BCUT2D eigenvalue weighted by Gasteiger charge is 2.18.